The number of anilines is 1. The quantitative estimate of drug-likeness (QED) is 0.899. The van der Waals surface area contributed by atoms with E-state index in [4.69, 9.17) is 4.74 Å². The average Bonchev–Trinajstić information content (AvgIpc) is 2.67. The lowest BCUT2D eigenvalue weighted by Gasteiger charge is -2.08. The van der Waals surface area contributed by atoms with E-state index in [1.807, 2.05) is 19.1 Å². The maximum atomic E-state index is 12.1. The van der Waals surface area contributed by atoms with E-state index in [2.05, 4.69) is 10.4 Å². The van der Waals surface area contributed by atoms with Crippen molar-refractivity contribution in [3.63, 3.8) is 0 Å². The van der Waals surface area contributed by atoms with Crippen molar-refractivity contribution >= 4 is 11.7 Å². The third-order valence-corrected chi connectivity index (χ3v) is 2.60. The summed E-state index contributed by atoms with van der Waals surface area (Å²) < 4.78 is 6.78. The lowest BCUT2D eigenvalue weighted by Crippen LogP contribution is -2.15. The molecule has 0 aliphatic rings. The number of hydrogen-bond acceptors (Lipinski definition) is 3. The summed E-state index contributed by atoms with van der Waals surface area (Å²) in [5.41, 5.74) is 1.35. The van der Waals surface area contributed by atoms with E-state index in [1.165, 1.54) is 0 Å². The second kappa shape index (κ2) is 4.91. The van der Waals surface area contributed by atoms with Gasteiger partial charge in [0.15, 0.2) is 0 Å². The summed E-state index contributed by atoms with van der Waals surface area (Å²) in [7, 11) is 3.32. The number of nitrogens with zero attached hydrogens (tertiary/aromatic N) is 2. The van der Waals surface area contributed by atoms with Gasteiger partial charge >= 0.3 is 0 Å². The Morgan fingerprint density at radius 1 is 1.39 bits per heavy atom. The van der Waals surface area contributed by atoms with Gasteiger partial charge in [0.25, 0.3) is 5.91 Å². The Kier molecular flexibility index (Phi) is 3.32. The summed E-state index contributed by atoms with van der Waals surface area (Å²) in [5, 5.41) is 6.97. The predicted octanol–water partition coefficient (Wildman–Crippen LogP) is 1.99. The van der Waals surface area contributed by atoms with Crippen LogP contribution in [0.5, 0.6) is 5.75 Å². The highest BCUT2D eigenvalue weighted by atomic mass is 16.5. The zero-order valence-corrected chi connectivity index (χ0v) is 10.6. The molecule has 0 saturated carbocycles. The van der Waals surface area contributed by atoms with Gasteiger partial charge in [-0.25, -0.2) is 0 Å². The van der Waals surface area contributed by atoms with Crippen molar-refractivity contribution in [2.24, 2.45) is 7.05 Å². The van der Waals surface area contributed by atoms with Gasteiger partial charge in [-0.2, -0.15) is 5.10 Å². The number of amides is 1. The number of hydrogen-bond donors (Lipinski definition) is 1. The Morgan fingerprint density at radius 2 is 2.11 bits per heavy atom. The van der Waals surface area contributed by atoms with Crippen LogP contribution in [0.3, 0.4) is 0 Å². The molecule has 0 aliphatic carbocycles. The molecule has 1 aromatic carbocycles. The van der Waals surface area contributed by atoms with Crippen molar-refractivity contribution in [2.75, 3.05) is 12.4 Å². The van der Waals surface area contributed by atoms with E-state index in [0.29, 0.717) is 17.1 Å². The summed E-state index contributed by atoms with van der Waals surface area (Å²) >= 11 is 0. The summed E-state index contributed by atoms with van der Waals surface area (Å²) in [5.74, 6) is 0.993. The molecule has 0 radical (unpaired) electrons. The second-order valence-corrected chi connectivity index (χ2v) is 3.95. The summed E-state index contributed by atoms with van der Waals surface area (Å²) in [6.07, 6.45) is 0. The van der Waals surface area contributed by atoms with E-state index in [0.717, 1.165) is 5.69 Å². The molecular weight excluding hydrogens is 230 g/mol. The molecule has 0 atom stereocenters. The smallest absolute Gasteiger partial charge is 0.260 e. The number of benzene rings is 1. The molecule has 0 spiro atoms. The molecule has 1 N–H and O–H groups in total. The predicted molar refractivity (Wildman–Crippen MR) is 68.9 cm³/mol. The molecule has 1 aromatic heterocycles. The second-order valence-electron chi connectivity index (χ2n) is 3.95. The molecule has 0 saturated heterocycles. The number of para-hydroxylation sites is 1. The Morgan fingerprint density at radius 3 is 2.72 bits per heavy atom. The highest BCUT2D eigenvalue weighted by Gasteiger charge is 2.13. The van der Waals surface area contributed by atoms with Crippen LogP contribution in [0.4, 0.5) is 5.82 Å². The zero-order valence-electron chi connectivity index (χ0n) is 10.6. The van der Waals surface area contributed by atoms with Crippen LogP contribution in [0, 0.1) is 6.92 Å². The van der Waals surface area contributed by atoms with Gasteiger partial charge in [-0.1, -0.05) is 12.1 Å². The minimum atomic E-state index is -0.213. The number of methoxy groups -OCH3 is 1. The molecule has 1 heterocycles. The lowest BCUT2D eigenvalue weighted by atomic mass is 10.2. The fourth-order valence-corrected chi connectivity index (χ4v) is 1.74. The van der Waals surface area contributed by atoms with Crippen LogP contribution < -0.4 is 10.1 Å². The first-order valence-corrected chi connectivity index (χ1v) is 5.57. The van der Waals surface area contributed by atoms with Crippen LogP contribution in [0.15, 0.2) is 30.3 Å². The minimum Gasteiger partial charge on any atom is -0.496 e. The van der Waals surface area contributed by atoms with Crippen LogP contribution in [0.25, 0.3) is 0 Å². The molecule has 2 aromatic rings. The van der Waals surface area contributed by atoms with Crippen LogP contribution in [0.2, 0.25) is 0 Å². The van der Waals surface area contributed by atoms with Crippen LogP contribution in [-0.2, 0) is 7.05 Å². The molecule has 0 unspecified atom stereocenters. The van der Waals surface area contributed by atoms with Crippen molar-refractivity contribution in [1.29, 1.82) is 0 Å². The van der Waals surface area contributed by atoms with Gasteiger partial charge in [-0.15, -0.1) is 0 Å². The topological polar surface area (TPSA) is 56.1 Å². The van der Waals surface area contributed by atoms with E-state index in [-0.39, 0.29) is 5.91 Å². The Hall–Kier alpha value is -2.30. The van der Waals surface area contributed by atoms with Crippen molar-refractivity contribution in [1.82, 2.24) is 9.78 Å². The van der Waals surface area contributed by atoms with Gasteiger partial charge in [0.1, 0.15) is 11.6 Å². The molecule has 1 amide bonds. The van der Waals surface area contributed by atoms with Gasteiger partial charge < -0.3 is 10.1 Å². The molecule has 18 heavy (non-hydrogen) atoms. The molecule has 94 valence electrons. The third kappa shape index (κ3) is 2.34. The van der Waals surface area contributed by atoms with Crippen molar-refractivity contribution in [2.45, 2.75) is 6.92 Å². The van der Waals surface area contributed by atoms with Gasteiger partial charge in [0.2, 0.25) is 0 Å². The first-order chi connectivity index (χ1) is 8.61. The fraction of sp³-hybridized carbons (Fsp3) is 0.231. The Labute approximate surface area is 105 Å². The van der Waals surface area contributed by atoms with Crippen molar-refractivity contribution < 1.29 is 9.53 Å². The van der Waals surface area contributed by atoms with Gasteiger partial charge in [0, 0.05) is 13.1 Å². The number of nitrogens with one attached hydrogen (secondary N) is 1. The van der Waals surface area contributed by atoms with Gasteiger partial charge in [-0.05, 0) is 19.1 Å². The van der Waals surface area contributed by atoms with E-state index in [1.54, 1.807) is 37.0 Å². The largest absolute Gasteiger partial charge is 0.496 e. The van der Waals surface area contributed by atoms with Gasteiger partial charge in [-0.3, -0.25) is 9.48 Å². The lowest BCUT2D eigenvalue weighted by molar-refractivity contribution is 0.102. The SMILES string of the molecule is COc1ccccc1C(=O)Nc1cc(C)nn1C. The number of carbonyl (C=O) groups is 1. The maximum absolute atomic E-state index is 12.1. The molecule has 0 fully saturated rings. The zero-order chi connectivity index (χ0) is 13.1. The van der Waals surface area contributed by atoms with Crippen LogP contribution >= 0.6 is 0 Å². The number of aromatic nitrogens is 2. The molecule has 0 aliphatic heterocycles. The first-order valence-electron chi connectivity index (χ1n) is 5.57. The van der Waals surface area contributed by atoms with Gasteiger partial charge in [0.05, 0.1) is 18.4 Å². The number of rotatable bonds is 3. The molecule has 0 bridgehead atoms. The Balaban J connectivity index is 2.24. The number of aryl methyl sites for hydroxylation is 2. The molecule has 5 heteroatoms. The van der Waals surface area contributed by atoms with Crippen LogP contribution in [0.1, 0.15) is 16.1 Å². The monoisotopic (exact) mass is 245 g/mol. The van der Waals surface area contributed by atoms with Crippen LogP contribution in [-0.4, -0.2) is 22.8 Å². The van der Waals surface area contributed by atoms with Crippen molar-refractivity contribution in [3.05, 3.63) is 41.6 Å². The van der Waals surface area contributed by atoms with E-state index >= 15 is 0 Å². The number of ether oxygens (including phenoxy) is 1. The molecule has 2 rings (SSSR count). The highest BCUT2D eigenvalue weighted by Crippen LogP contribution is 2.19. The van der Waals surface area contributed by atoms with E-state index in [9.17, 15) is 4.79 Å². The molecule has 5 nitrogen and oxygen atoms in total. The fourth-order valence-electron chi connectivity index (χ4n) is 1.74. The summed E-state index contributed by atoms with van der Waals surface area (Å²) in [6.45, 7) is 1.87. The third-order valence-electron chi connectivity index (χ3n) is 2.60. The van der Waals surface area contributed by atoms with E-state index < -0.39 is 0 Å². The maximum Gasteiger partial charge on any atom is 0.260 e. The highest BCUT2D eigenvalue weighted by molar-refractivity contribution is 6.05. The summed E-state index contributed by atoms with van der Waals surface area (Å²) in [6, 6.07) is 8.91. The first kappa shape index (κ1) is 12.2. The number of carbonyl (C=O) groups excluding carboxylic acids is 1. The average molecular weight is 245 g/mol. The Bertz CT molecular complexity index is 575. The van der Waals surface area contributed by atoms with Crippen molar-refractivity contribution in [3.8, 4) is 5.75 Å². The summed E-state index contributed by atoms with van der Waals surface area (Å²) in [4.78, 5) is 12.1. The normalized spacial score (nSPS) is 10.2. The standard InChI is InChI=1S/C13H15N3O2/c1-9-8-12(16(2)15-9)14-13(17)10-6-4-5-7-11(10)18-3/h4-8H,1-3H3,(H,14,17). The minimum absolute atomic E-state index is 0.213. The molecular formula is C13H15N3O2.